The molecule has 8 nitrogen and oxygen atoms in total. The summed E-state index contributed by atoms with van der Waals surface area (Å²) in [7, 11) is 1.57. The molecule has 3 heterocycles. The molecule has 25 heavy (non-hydrogen) atoms. The Balaban J connectivity index is 1.96. The molecule has 8 heteroatoms. The number of nitro groups is 1. The van der Waals surface area contributed by atoms with Gasteiger partial charge in [0.15, 0.2) is 0 Å². The number of carbonyl (C=O) groups is 1. The number of likely N-dealkylation sites (tertiary alicyclic amines) is 1. The standard InChI is InChI=1S/C17H22N4O4/c1-3-12-8-9-15(25-12)13-7-5-4-6-10-20(13)17(22)16-14(21(23)24)11-19(2)18-16/h8-9,11,13H,3-7,10H2,1-2H3/t13-/m1/s1. The number of nitrogens with zero attached hydrogens (tertiary/aromatic N) is 4. The Morgan fingerprint density at radius 1 is 1.40 bits per heavy atom. The Labute approximate surface area is 145 Å². The predicted molar refractivity (Wildman–Crippen MR) is 90.2 cm³/mol. The number of aromatic nitrogens is 2. The highest BCUT2D eigenvalue weighted by Crippen LogP contribution is 2.33. The average molecular weight is 346 g/mol. The third-order valence-electron chi connectivity index (χ3n) is 4.58. The average Bonchev–Trinajstić information content (AvgIpc) is 3.14. The zero-order chi connectivity index (χ0) is 18.0. The van der Waals surface area contributed by atoms with Gasteiger partial charge in [-0.2, -0.15) is 5.10 Å². The number of hydrogen-bond acceptors (Lipinski definition) is 5. The molecule has 1 aliphatic heterocycles. The second kappa shape index (κ2) is 7.08. The lowest BCUT2D eigenvalue weighted by molar-refractivity contribution is -0.385. The Bertz CT molecular complexity index is 779. The van der Waals surface area contributed by atoms with E-state index in [0.717, 1.165) is 43.6 Å². The Kier molecular flexibility index (Phi) is 4.87. The molecule has 3 rings (SSSR count). The van der Waals surface area contributed by atoms with Gasteiger partial charge in [-0.25, -0.2) is 0 Å². The minimum Gasteiger partial charge on any atom is -0.464 e. The molecule has 1 atom stereocenters. The Morgan fingerprint density at radius 2 is 2.20 bits per heavy atom. The fourth-order valence-electron chi connectivity index (χ4n) is 3.31. The van der Waals surface area contributed by atoms with Gasteiger partial charge in [0.25, 0.3) is 5.91 Å². The second-order valence-electron chi connectivity index (χ2n) is 6.32. The van der Waals surface area contributed by atoms with Gasteiger partial charge >= 0.3 is 5.69 Å². The molecular weight excluding hydrogens is 324 g/mol. The summed E-state index contributed by atoms with van der Waals surface area (Å²) in [5.41, 5.74) is -0.370. The molecule has 0 spiro atoms. The van der Waals surface area contributed by atoms with E-state index in [1.807, 2.05) is 19.1 Å². The first-order valence-electron chi connectivity index (χ1n) is 8.59. The van der Waals surface area contributed by atoms with Crippen LogP contribution in [0.2, 0.25) is 0 Å². The quantitative estimate of drug-likeness (QED) is 0.625. The van der Waals surface area contributed by atoms with Crippen LogP contribution in [0.15, 0.2) is 22.7 Å². The number of hydrogen-bond donors (Lipinski definition) is 0. The van der Waals surface area contributed by atoms with Gasteiger partial charge in [0.1, 0.15) is 17.7 Å². The van der Waals surface area contributed by atoms with E-state index in [1.165, 1.54) is 10.9 Å². The van der Waals surface area contributed by atoms with E-state index in [2.05, 4.69) is 5.10 Å². The van der Waals surface area contributed by atoms with Crippen LogP contribution < -0.4 is 0 Å². The molecule has 1 saturated heterocycles. The third-order valence-corrected chi connectivity index (χ3v) is 4.58. The number of furan rings is 1. The summed E-state index contributed by atoms with van der Waals surface area (Å²) in [5, 5.41) is 15.3. The van der Waals surface area contributed by atoms with Gasteiger partial charge in [0.2, 0.25) is 5.69 Å². The first kappa shape index (κ1) is 17.2. The van der Waals surface area contributed by atoms with Gasteiger partial charge in [0.05, 0.1) is 11.0 Å². The second-order valence-corrected chi connectivity index (χ2v) is 6.32. The van der Waals surface area contributed by atoms with Crippen molar-refractivity contribution in [3.05, 3.63) is 45.7 Å². The molecule has 0 saturated carbocycles. The molecular formula is C17H22N4O4. The van der Waals surface area contributed by atoms with Crippen molar-refractivity contribution in [3.8, 4) is 0 Å². The lowest BCUT2D eigenvalue weighted by Gasteiger charge is -2.27. The maximum atomic E-state index is 13.1. The normalized spacial score (nSPS) is 18.2. The molecule has 2 aromatic rings. The van der Waals surface area contributed by atoms with Crippen LogP contribution in [0.1, 0.15) is 60.7 Å². The highest BCUT2D eigenvalue weighted by Gasteiger charge is 2.35. The molecule has 1 fully saturated rings. The summed E-state index contributed by atoms with van der Waals surface area (Å²) in [6, 6.07) is 3.62. The smallest absolute Gasteiger partial charge is 0.320 e. The van der Waals surface area contributed by atoms with E-state index in [9.17, 15) is 14.9 Å². The van der Waals surface area contributed by atoms with Crippen molar-refractivity contribution in [2.24, 2.45) is 7.05 Å². The number of rotatable bonds is 4. The van der Waals surface area contributed by atoms with Crippen LogP contribution in [0, 0.1) is 10.1 Å². The van der Waals surface area contributed by atoms with Gasteiger partial charge in [-0.05, 0) is 25.0 Å². The van der Waals surface area contributed by atoms with E-state index in [4.69, 9.17) is 4.42 Å². The fraction of sp³-hybridized carbons (Fsp3) is 0.529. The van der Waals surface area contributed by atoms with Crippen LogP contribution in [-0.4, -0.2) is 32.1 Å². The summed E-state index contributed by atoms with van der Waals surface area (Å²) in [6.07, 6.45) is 5.70. The van der Waals surface area contributed by atoms with Gasteiger partial charge in [-0.3, -0.25) is 19.6 Å². The molecule has 2 aromatic heterocycles. The lowest BCUT2D eigenvalue weighted by Crippen LogP contribution is -2.35. The summed E-state index contributed by atoms with van der Waals surface area (Å²) in [6.45, 7) is 2.55. The Hall–Kier alpha value is -2.64. The molecule has 0 aromatic carbocycles. The fourth-order valence-corrected chi connectivity index (χ4v) is 3.31. The molecule has 0 radical (unpaired) electrons. The zero-order valence-electron chi connectivity index (χ0n) is 14.5. The number of amides is 1. The van der Waals surface area contributed by atoms with Crippen molar-refractivity contribution in [2.45, 2.75) is 45.1 Å². The molecule has 134 valence electrons. The van der Waals surface area contributed by atoms with E-state index in [-0.39, 0.29) is 17.4 Å². The predicted octanol–water partition coefficient (Wildman–Crippen LogP) is 3.24. The lowest BCUT2D eigenvalue weighted by atomic mass is 10.1. The largest absolute Gasteiger partial charge is 0.464 e. The highest BCUT2D eigenvalue weighted by atomic mass is 16.6. The summed E-state index contributed by atoms with van der Waals surface area (Å²) in [5.74, 6) is 1.20. The Morgan fingerprint density at radius 3 is 2.88 bits per heavy atom. The highest BCUT2D eigenvalue weighted by molar-refractivity contribution is 5.96. The van der Waals surface area contributed by atoms with Gasteiger partial charge in [-0.15, -0.1) is 0 Å². The monoisotopic (exact) mass is 346 g/mol. The van der Waals surface area contributed by atoms with E-state index in [1.54, 1.807) is 11.9 Å². The van der Waals surface area contributed by atoms with Crippen molar-refractivity contribution < 1.29 is 14.1 Å². The molecule has 1 amide bonds. The summed E-state index contributed by atoms with van der Waals surface area (Å²) < 4.78 is 7.18. The minimum absolute atomic E-state index is 0.110. The number of carbonyl (C=O) groups excluding carboxylic acids is 1. The van der Waals surface area contributed by atoms with Crippen LogP contribution in [0.3, 0.4) is 0 Å². The summed E-state index contributed by atoms with van der Waals surface area (Å²) >= 11 is 0. The first-order valence-corrected chi connectivity index (χ1v) is 8.59. The van der Waals surface area contributed by atoms with Crippen molar-refractivity contribution in [2.75, 3.05) is 6.54 Å². The van der Waals surface area contributed by atoms with Crippen molar-refractivity contribution in [1.29, 1.82) is 0 Å². The van der Waals surface area contributed by atoms with Crippen LogP contribution >= 0.6 is 0 Å². The molecule has 0 N–H and O–H groups in total. The van der Waals surface area contributed by atoms with Crippen molar-refractivity contribution in [3.63, 3.8) is 0 Å². The van der Waals surface area contributed by atoms with E-state index < -0.39 is 10.8 Å². The first-order chi connectivity index (χ1) is 12.0. The van der Waals surface area contributed by atoms with Crippen LogP contribution in [0.5, 0.6) is 0 Å². The van der Waals surface area contributed by atoms with Gasteiger partial charge < -0.3 is 9.32 Å². The van der Waals surface area contributed by atoms with E-state index in [0.29, 0.717) is 6.54 Å². The molecule has 1 aliphatic rings. The maximum absolute atomic E-state index is 13.1. The molecule has 0 unspecified atom stereocenters. The zero-order valence-corrected chi connectivity index (χ0v) is 14.5. The summed E-state index contributed by atoms with van der Waals surface area (Å²) in [4.78, 5) is 25.4. The van der Waals surface area contributed by atoms with E-state index >= 15 is 0 Å². The maximum Gasteiger partial charge on any atom is 0.320 e. The van der Waals surface area contributed by atoms with Crippen LogP contribution in [0.4, 0.5) is 5.69 Å². The van der Waals surface area contributed by atoms with Gasteiger partial charge in [0, 0.05) is 20.0 Å². The number of aryl methyl sites for hydroxylation is 2. The molecule has 0 aliphatic carbocycles. The van der Waals surface area contributed by atoms with Gasteiger partial charge in [-0.1, -0.05) is 19.8 Å². The molecule has 0 bridgehead atoms. The minimum atomic E-state index is -0.560. The van der Waals surface area contributed by atoms with Crippen molar-refractivity contribution in [1.82, 2.24) is 14.7 Å². The van der Waals surface area contributed by atoms with Crippen LogP contribution in [-0.2, 0) is 13.5 Å². The van der Waals surface area contributed by atoms with Crippen LogP contribution in [0.25, 0.3) is 0 Å². The third kappa shape index (κ3) is 3.42. The topological polar surface area (TPSA) is 94.4 Å². The van der Waals surface area contributed by atoms with Crippen molar-refractivity contribution >= 4 is 11.6 Å². The SMILES string of the molecule is CCc1ccc([C@H]2CCCCCN2C(=O)c2nn(C)cc2[N+](=O)[O-])o1.